The minimum Gasteiger partial charge on any atom is -0.497 e. The van der Waals surface area contributed by atoms with Crippen molar-refractivity contribution in [3.8, 4) is 22.8 Å². The minimum atomic E-state index is -0.201. The fourth-order valence-electron chi connectivity index (χ4n) is 2.14. The Morgan fingerprint density at radius 3 is 2.12 bits per heavy atom. The third-order valence-electron chi connectivity index (χ3n) is 3.46. The molecular formula is C18H16N2O3S. The van der Waals surface area contributed by atoms with E-state index in [1.165, 1.54) is 11.3 Å². The van der Waals surface area contributed by atoms with Gasteiger partial charge in [0.15, 0.2) is 5.13 Å². The van der Waals surface area contributed by atoms with Gasteiger partial charge in [0.2, 0.25) is 0 Å². The summed E-state index contributed by atoms with van der Waals surface area (Å²) in [5.41, 5.74) is 2.33. The van der Waals surface area contributed by atoms with Gasteiger partial charge in [0.05, 0.1) is 19.9 Å². The van der Waals surface area contributed by atoms with Gasteiger partial charge in [-0.05, 0) is 48.5 Å². The number of nitrogens with one attached hydrogen (secondary N) is 1. The third kappa shape index (κ3) is 3.55. The van der Waals surface area contributed by atoms with Crippen LogP contribution in [0.25, 0.3) is 11.3 Å². The van der Waals surface area contributed by atoms with E-state index in [4.69, 9.17) is 9.47 Å². The average molecular weight is 340 g/mol. The summed E-state index contributed by atoms with van der Waals surface area (Å²) in [5.74, 6) is 1.30. The van der Waals surface area contributed by atoms with Crippen molar-refractivity contribution in [3.05, 3.63) is 59.5 Å². The molecule has 0 spiro atoms. The van der Waals surface area contributed by atoms with Gasteiger partial charge in [-0.25, -0.2) is 4.98 Å². The first-order valence-corrected chi connectivity index (χ1v) is 8.13. The van der Waals surface area contributed by atoms with E-state index in [0.717, 1.165) is 17.0 Å². The highest BCUT2D eigenvalue weighted by molar-refractivity contribution is 7.14. The molecule has 1 N–H and O–H groups in total. The van der Waals surface area contributed by atoms with Crippen molar-refractivity contribution in [3.63, 3.8) is 0 Å². The van der Waals surface area contributed by atoms with Gasteiger partial charge in [-0.1, -0.05) is 0 Å². The number of rotatable bonds is 5. The van der Waals surface area contributed by atoms with E-state index in [2.05, 4.69) is 10.3 Å². The maximum Gasteiger partial charge on any atom is 0.257 e. The molecule has 1 amide bonds. The molecule has 0 unspecified atom stereocenters. The highest BCUT2D eigenvalue weighted by atomic mass is 32.1. The molecule has 3 aromatic rings. The number of methoxy groups -OCH3 is 2. The van der Waals surface area contributed by atoms with Gasteiger partial charge in [-0.2, -0.15) is 0 Å². The molecule has 0 radical (unpaired) electrons. The van der Waals surface area contributed by atoms with Gasteiger partial charge in [0.25, 0.3) is 5.91 Å². The summed E-state index contributed by atoms with van der Waals surface area (Å²) in [7, 11) is 3.22. The van der Waals surface area contributed by atoms with Gasteiger partial charge in [-0.15, -0.1) is 11.3 Å². The zero-order valence-corrected chi connectivity index (χ0v) is 14.1. The van der Waals surface area contributed by atoms with E-state index in [9.17, 15) is 4.79 Å². The van der Waals surface area contributed by atoms with Crippen molar-refractivity contribution in [2.45, 2.75) is 0 Å². The molecule has 122 valence electrons. The molecule has 0 aliphatic heterocycles. The van der Waals surface area contributed by atoms with Crippen LogP contribution in [0.4, 0.5) is 5.13 Å². The first-order valence-electron chi connectivity index (χ1n) is 7.25. The molecule has 6 heteroatoms. The Kier molecular flexibility index (Phi) is 4.77. The van der Waals surface area contributed by atoms with Crippen molar-refractivity contribution in [2.75, 3.05) is 19.5 Å². The fraction of sp³-hybridized carbons (Fsp3) is 0.111. The molecule has 0 bridgehead atoms. The van der Waals surface area contributed by atoms with E-state index in [1.807, 2.05) is 29.6 Å². The van der Waals surface area contributed by atoms with Gasteiger partial charge >= 0.3 is 0 Å². The number of thiazole rings is 1. The standard InChI is InChI=1S/C18H16N2O3S/c1-22-14-7-3-12(4-8-14)16-11-24-18(19-16)20-17(21)13-5-9-15(23-2)10-6-13/h3-11H,1-2H3,(H,19,20,21). The fourth-order valence-corrected chi connectivity index (χ4v) is 2.85. The molecule has 1 aromatic heterocycles. The molecule has 5 nitrogen and oxygen atoms in total. The molecule has 3 rings (SSSR count). The Bertz CT molecular complexity index is 826. The first-order chi connectivity index (χ1) is 11.7. The summed E-state index contributed by atoms with van der Waals surface area (Å²) in [4.78, 5) is 16.7. The van der Waals surface area contributed by atoms with Crippen LogP contribution in [0.2, 0.25) is 0 Å². The summed E-state index contributed by atoms with van der Waals surface area (Å²) < 4.78 is 10.2. The number of carbonyl (C=O) groups excluding carboxylic acids is 1. The van der Waals surface area contributed by atoms with Crippen LogP contribution >= 0.6 is 11.3 Å². The second-order valence-corrected chi connectivity index (χ2v) is 5.81. The number of nitrogens with zero attached hydrogens (tertiary/aromatic N) is 1. The normalized spacial score (nSPS) is 10.2. The van der Waals surface area contributed by atoms with E-state index >= 15 is 0 Å². The lowest BCUT2D eigenvalue weighted by atomic mass is 10.2. The molecular weight excluding hydrogens is 324 g/mol. The Morgan fingerprint density at radius 2 is 1.54 bits per heavy atom. The number of hydrogen-bond donors (Lipinski definition) is 1. The van der Waals surface area contributed by atoms with Crippen LogP contribution < -0.4 is 14.8 Å². The number of hydrogen-bond acceptors (Lipinski definition) is 5. The predicted molar refractivity (Wildman–Crippen MR) is 95.0 cm³/mol. The zero-order valence-electron chi connectivity index (χ0n) is 13.3. The second-order valence-electron chi connectivity index (χ2n) is 4.95. The van der Waals surface area contributed by atoms with Crippen molar-refractivity contribution >= 4 is 22.4 Å². The van der Waals surface area contributed by atoms with Gasteiger partial charge < -0.3 is 9.47 Å². The summed E-state index contributed by atoms with van der Waals surface area (Å²) in [6.45, 7) is 0. The summed E-state index contributed by atoms with van der Waals surface area (Å²) in [5, 5.41) is 5.28. The van der Waals surface area contributed by atoms with Crippen LogP contribution in [0.15, 0.2) is 53.9 Å². The zero-order chi connectivity index (χ0) is 16.9. The SMILES string of the molecule is COc1ccc(C(=O)Nc2nc(-c3ccc(OC)cc3)cs2)cc1. The van der Waals surface area contributed by atoms with Crippen molar-refractivity contribution < 1.29 is 14.3 Å². The molecule has 24 heavy (non-hydrogen) atoms. The van der Waals surface area contributed by atoms with Crippen LogP contribution in [-0.4, -0.2) is 25.1 Å². The summed E-state index contributed by atoms with van der Waals surface area (Å²) in [6.07, 6.45) is 0. The highest BCUT2D eigenvalue weighted by Crippen LogP contribution is 2.26. The highest BCUT2D eigenvalue weighted by Gasteiger charge is 2.10. The van der Waals surface area contributed by atoms with E-state index < -0.39 is 0 Å². The van der Waals surface area contributed by atoms with Gasteiger partial charge in [-0.3, -0.25) is 10.1 Å². The Balaban J connectivity index is 1.71. The quantitative estimate of drug-likeness (QED) is 0.760. The van der Waals surface area contributed by atoms with Crippen molar-refractivity contribution in [2.24, 2.45) is 0 Å². The predicted octanol–water partition coefficient (Wildman–Crippen LogP) is 4.08. The largest absolute Gasteiger partial charge is 0.497 e. The third-order valence-corrected chi connectivity index (χ3v) is 4.22. The number of aromatic nitrogens is 1. The van der Waals surface area contributed by atoms with Crippen molar-refractivity contribution in [1.29, 1.82) is 0 Å². The molecule has 0 atom stereocenters. The molecule has 0 saturated heterocycles. The maximum atomic E-state index is 12.2. The van der Waals surface area contributed by atoms with Gasteiger partial charge in [0, 0.05) is 16.5 Å². The Morgan fingerprint density at radius 1 is 0.958 bits per heavy atom. The minimum absolute atomic E-state index is 0.201. The number of anilines is 1. The summed E-state index contributed by atoms with van der Waals surface area (Å²) >= 11 is 1.39. The van der Waals surface area contributed by atoms with Gasteiger partial charge in [0.1, 0.15) is 11.5 Å². The Hall–Kier alpha value is -2.86. The molecule has 0 aliphatic carbocycles. The van der Waals surface area contributed by atoms with E-state index in [-0.39, 0.29) is 5.91 Å². The molecule has 0 fully saturated rings. The number of amides is 1. The first kappa shape index (κ1) is 16.0. The summed E-state index contributed by atoms with van der Waals surface area (Å²) in [6, 6.07) is 14.6. The smallest absolute Gasteiger partial charge is 0.257 e. The molecule has 1 heterocycles. The number of ether oxygens (including phenoxy) is 2. The molecule has 0 aliphatic rings. The lowest BCUT2D eigenvalue weighted by molar-refractivity contribution is 0.102. The van der Waals surface area contributed by atoms with Crippen LogP contribution in [0.1, 0.15) is 10.4 Å². The lowest BCUT2D eigenvalue weighted by Crippen LogP contribution is -2.11. The van der Waals surface area contributed by atoms with Crippen LogP contribution in [0, 0.1) is 0 Å². The molecule has 2 aromatic carbocycles. The lowest BCUT2D eigenvalue weighted by Gasteiger charge is -2.03. The topological polar surface area (TPSA) is 60.5 Å². The Labute approximate surface area is 143 Å². The van der Waals surface area contributed by atoms with E-state index in [1.54, 1.807) is 38.5 Å². The maximum absolute atomic E-state index is 12.2. The molecule has 0 saturated carbocycles. The van der Waals surface area contributed by atoms with Crippen LogP contribution in [0.5, 0.6) is 11.5 Å². The average Bonchev–Trinajstić information content (AvgIpc) is 3.10. The number of benzene rings is 2. The van der Waals surface area contributed by atoms with Crippen molar-refractivity contribution in [1.82, 2.24) is 4.98 Å². The van der Waals surface area contributed by atoms with Crippen LogP contribution in [0.3, 0.4) is 0 Å². The second kappa shape index (κ2) is 7.14. The van der Waals surface area contributed by atoms with E-state index in [0.29, 0.717) is 16.4 Å². The monoisotopic (exact) mass is 340 g/mol. The number of carbonyl (C=O) groups is 1. The van der Waals surface area contributed by atoms with Crippen LogP contribution in [-0.2, 0) is 0 Å².